The fourth-order valence-electron chi connectivity index (χ4n) is 5.00. The van der Waals surface area contributed by atoms with Gasteiger partial charge in [0.05, 0.1) is 0 Å². The summed E-state index contributed by atoms with van der Waals surface area (Å²) >= 11 is 0. The minimum absolute atomic E-state index is 0.0542. The first-order valence-corrected chi connectivity index (χ1v) is 10.4. The average molecular weight is 396 g/mol. The van der Waals surface area contributed by atoms with Crippen LogP contribution < -0.4 is 11.1 Å². The van der Waals surface area contributed by atoms with Gasteiger partial charge in [-0.25, -0.2) is 4.98 Å². The second-order valence-electron chi connectivity index (χ2n) is 8.34. The lowest BCUT2D eigenvalue weighted by atomic mass is 9.86. The number of carbonyl (C=O) groups is 1. The summed E-state index contributed by atoms with van der Waals surface area (Å²) in [6.07, 6.45) is 3.52. The van der Waals surface area contributed by atoms with Gasteiger partial charge in [-0.05, 0) is 71.9 Å². The third kappa shape index (κ3) is 3.09. The largest absolute Gasteiger partial charge is 0.384 e. The van der Waals surface area contributed by atoms with Crippen molar-refractivity contribution in [3.05, 3.63) is 99.7 Å². The fraction of sp³-hybridized carbons (Fsp3) is 0.231. The molecule has 3 N–H and O–H groups in total. The number of hydrogen-bond donors (Lipinski definition) is 2. The molecule has 2 aliphatic carbocycles. The quantitative estimate of drug-likeness (QED) is 0.662. The predicted molar refractivity (Wildman–Crippen MR) is 120 cm³/mol. The molecule has 2 atom stereocenters. The van der Waals surface area contributed by atoms with Crippen LogP contribution in [-0.2, 0) is 6.54 Å². The number of rotatable bonds is 4. The van der Waals surface area contributed by atoms with Gasteiger partial charge >= 0.3 is 0 Å². The van der Waals surface area contributed by atoms with Gasteiger partial charge in [-0.3, -0.25) is 4.79 Å². The number of nitrogen functional groups attached to an aromatic ring is 1. The third-order valence-corrected chi connectivity index (χ3v) is 6.48. The molecule has 4 nitrogen and oxygen atoms in total. The lowest BCUT2D eigenvalue weighted by Crippen LogP contribution is -2.24. The van der Waals surface area contributed by atoms with Crippen molar-refractivity contribution in [2.45, 2.75) is 38.6 Å². The zero-order valence-electron chi connectivity index (χ0n) is 17.3. The molecule has 2 unspecified atom stereocenters. The molecule has 5 rings (SSSR count). The second kappa shape index (κ2) is 7.13. The first-order chi connectivity index (χ1) is 14.5. The van der Waals surface area contributed by atoms with E-state index in [0.29, 0.717) is 29.8 Å². The molecule has 30 heavy (non-hydrogen) atoms. The number of nitrogens with zero attached hydrogens (tertiary/aromatic N) is 1. The van der Waals surface area contributed by atoms with Gasteiger partial charge in [-0.15, -0.1) is 0 Å². The van der Waals surface area contributed by atoms with Crippen LogP contribution in [0.25, 0.3) is 5.57 Å². The highest BCUT2D eigenvalue weighted by Crippen LogP contribution is 2.55. The maximum Gasteiger partial charge on any atom is 0.251 e. The third-order valence-electron chi connectivity index (χ3n) is 6.48. The van der Waals surface area contributed by atoms with Crippen LogP contribution >= 0.6 is 0 Å². The summed E-state index contributed by atoms with van der Waals surface area (Å²) in [7, 11) is 0. The van der Waals surface area contributed by atoms with Crippen molar-refractivity contribution in [2.75, 3.05) is 5.73 Å². The van der Waals surface area contributed by atoms with Gasteiger partial charge in [0, 0.05) is 29.6 Å². The fourth-order valence-corrected chi connectivity index (χ4v) is 5.00. The molecule has 2 aliphatic rings. The average Bonchev–Trinajstić information content (AvgIpc) is 3.33. The zero-order valence-corrected chi connectivity index (χ0v) is 17.3. The summed E-state index contributed by atoms with van der Waals surface area (Å²) in [6.45, 7) is 4.37. The standard InChI is InChI=1S/C26H25N3O/c1-15-10-25(27)29-16(2)24(15)14-28-26(30)18-8-9-20-19-12-21(17-6-4-3-5-7-17)23(13-19)22(20)11-18/h3-12,19,23H,13-14H2,1-2H3,(H2,27,29)(H,28,30). The highest BCUT2D eigenvalue weighted by atomic mass is 16.1. The predicted octanol–water partition coefficient (Wildman–Crippen LogP) is 4.88. The number of benzene rings is 2. The molecule has 150 valence electrons. The second-order valence-corrected chi connectivity index (χ2v) is 8.34. The molecule has 0 saturated carbocycles. The summed E-state index contributed by atoms with van der Waals surface area (Å²) in [5.74, 6) is 1.30. The highest BCUT2D eigenvalue weighted by molar-refractivity contribution is 5.95. The number of nitrogens with two attached hydrogens (primary N) is 1. The summed E-state index contributed by atoms with van der Waals surface area (Å²) in [5.41, 5.74) is 14.8. The Hall–Kier alpha value is -3.40. The molecular weight excluding hydrogens is 370 g/mol. The van der Waals surface area contributed by atoms with Crippen molar-refractivity contribution >= 4 is 17.3 Å². The summed E-state index contributed by atoms with van der Waals surface area (Å²) in [5, 5.41) is 3.06. The Morgan fingerprint density at radius 3 is 2.67 bits per heavy atom. The van der Waals surface area contributed by atoms with Gasteiger partial charge in [0.15, 0.2) is 0 Å². The molecule has 0 spiro atoms. The number of fused-ring (bicyclic) bond motifs is 5. The van der Waals surface area contributed by atoms with Crippen molar-refractivity contribution in [1.82, 2.24) is 10.3 Å². The smallest absolute Gasteiger partial charge is 0.251 e. The first kappa shape index (κ1) is 18.6. The van der Waals surface area contributed by atoms with Gasteiger partial charge in [-0.2, -0.15) is 0 Å². The Balaban J connectivity index is 1.36. The van der Waals surface area contributed by atoms with E-state index < -0.39 is 0 Å². The van der Waals surface area contributed by atoms with E-state index in [-0.39, 0.29) is 5.91 Å². The lowest BCUT2D eigenvalue weighted by Gasteiger charge is -2.19. The minimum atomic E-state index is -0.0542. The van der Waals surface area contributed by atoms with Crippen LogP contribution in [0, 0.1) is 13.8 Å². The maximum absolute atomic E-state index is 12.9. The molecular formula is C26H25N3O. The van der Waals surface area contributed by atoms with Crippen molar-refractivity contribution in [3.8, 4) is 0 Å². The molecule has 1 heterocycles. The van der Waals surface area contributed by atoms with Crippen LogP contribution in [0.4, 0.5) is 5.82 Å². The van der Waals surface area contributed by atoms with Crippen molar-refractivity contribution in [1.29, 1.82) is 0 Å². The number of aromatic nitrogens is 1. The van der Waals surface area contributed by atoms with Gasteiger partial charge in [0.25, 0.3) is 5.91 Å². The van der Waals surface area contributed by atoms with Gasteiger partial charge in [0.1, 0.15) is 5.82 Å². The van der Waals surface area contributed by atoms with E-state index in [1.165, 1.54) is 22.3 Å². The molecule has 0 fully saturated rings. The number of pyridine rings is 1. The monoisotopic (exact) mass is 395 g/mol. The van der Waals surface area contributed by atoms with Crippen molar-refractivity contribution in [2.24, 2.45) is 0 Å². The van der Waals surface area contributed by atoms with Crippen LogP contribution in [-0.4, -0.2) is 10.9 Å². The van der Waals surface area contributed by atoms with Crippen LogP contribution in [0.15, 0.2) is 60.7 Å². The van der Waals surface area contributed by atoms with Gasteiger partial charge in [-0.1, -0.05) is 42.5 Å². The Morgan fingerprint density at radius 1 is 1.10 bits per heavy atom. The van der Waals surface area contributed by atoms with Crippen LogP contribution in [0.1, 0.15) is 62.1 Å². The topological polar surface area (TPSA) is 68.0 Å². The summed E-state index contributed by atoms with van der Waals surface area (Å²) in [4.78, 5) is 17.2. The maximum atomic E-state index is 12.9. The van der Waals surface area contributed by atoms with E-state index in [9.17, 15) is 4.79 Å². The zero-order chi connectivity index (χ0) is 20.8. The van der Waals surface area contributed by atoms with E-state index >= 15 is 0 Å². The number of nitrogens with one attached hydrogen (secondary N) is 1. The molecule has 0 radical (unpaired) electrons. The van der Waals surface area contributed by atoms with E-state index in [0.717, 1.165) is 23.2 Å². The molecule has 2 aromatic carbocycles. The first-order valence-electron chi connectivity index (χ1n) is 10.4. The molecule has 2 bridgehead atoms. The number of carbonyl (C=O) groups excluding carboxylic acids is 1. The van der Waals surface area contributed by atoms with E-state index in [4.69, 9.17) is 5.73 Å². The summed E-state index contributed by atoms with van der Waals surface area (Å²) < 4.78 is 0. The summed E-state index contributed by atoms with van der Waals surface area (Å²) in [6, 6.07) is 18.6. The minimum Gasteiger partial charge on any atom is -0.384 e. The molecule has 1 amide bonds. The van der Waals surface area contributed by atoms with Crippen molar-refractivity contribution < 1.29 is 4.79 Å². The molecule has 3 aromatic rings. The number of allylic oxidation sites excluding steroid dienone is 2. The Labute approximate surface area is 176 Å². The number of aryl methyl sites for hydroxylation is 2. The molecule has 4 heteroatoms. The molecule has 0 saturated heterocycles. The normalized spacial score (nSPS) is 18.8. The van der Waals surface area contributed by atoms with Crippen LogP contribution in [0.5, 0.6) is 0 Å². The van der Waals surface area contributed by atoms with E-state index in [1.807, 2.05) is 32.0 Å². The van der Waals surface area contributed by atoms with E-state index in [1.54, 1.807) is 0 Å². The molecule has 1 aromatic heterocycles. The van der Waals surface area contributed by atoms with Crippen LogP contribution in [0.3, 0.4) is 0 Å². The van der Waals surface area contributed by atoms with Gasteiger partial charge < -0.3 is 11.1 Å². The Kier molecular flexibility index (Phi) is 4.43. The Morgan fingerprint density at radius 2 is 1.90 bits per heavy atom. The SMILES string of the molecule is Cc1cc(N)nc(C)c1CNC(=O)c1ccc2c(c1)C1CC2C=C1c1ccccc1. The molecule has 0 aliphatic heterocycles. The number of anilines is 1. The number of amides is 1. The van der Waals surface area contributed by atoms with E-state index in [2.05, 4.69) is 52.8 Å². The highest BCUT2D eigenvalue weighted by Gasteiger charge is 2.38. The Bertz CT molecular complexity index is 1160. The van der Waals surface area contributed by atoms with Gasteiger partial charge in [0.2, 0.25) is 0 Å². The van der Waals surface area contributed by atoms with Crippen molar-refractivity contribution in [3.63, 3.8) is 0 Å². The lowest BCUT2D eigenvalue weighted by molar-refractivity contribution is 0.0950. The number of hydrogen-bond acceptors (Lipinski definition) is 3. The van der Waals surface area contributed by atoms with Crippen LogP contribution in [0.2, 0.25) is 0 Å².